The summed E-state index contributed by atoms with van der Waals surface area (Å²) in [6.07, 6.45) is 0.156. The lowest BCUT2D eigenvalue weighted by Crippen LogP contribution is -2.46. The molecule has 0 bridgehead atoms. The van der Waals surface area contributed by atoms with Crippen molar-refractivity contribution in [2.75, 3.05) is 18.5 Å². The minimum absolute atomic E-state index is 0.0896. The lowest BCUT2D eigenvalue weighted by atomic mass is 9.78. The summed E-state index contributed by atoms with van der Waals surface area (Å²) in [4.78, 5) is 2.27. The van der Waals surface area contributed by atoms with Crippen LogP contribution in [0, 0.1) is 5.41 Å². The minimum atomic E-state index is -0.357. The van der Waals surface area contributed by atoms with E-state index in [1.165, 1.54) is 0 Å². The standard InChI is InChI=1S/C19H30BNO3/c1-17(2,3)16-12-21(8)14-10-9-13(11-15(14)22-16)20-23-18(4,5)19(6,7)24-20/h9-11,16H,12H2,1-8H3. The molecule has 24 heavy (non-hydrogen) atoms. The fourth-order valence-electron chi connectivity index (χ4n) is 3.05. The van der Waals surface area contributed by atoms with E-state index in [2.05, 4.69) is 78.6 Å². The molecule has 1 aromatic carbocycles. The molecule has 1 unspecified atom stereocenters. The quantitative estimate of drug-likeness (QED) is 0.740. The molecule has 0 N–H and O–H groups in total. The molecule has 0 spiro atoms. The number of rotatable bonds is 1. The number of benzene rings is 1. The van der Waals surface area contributed by atoms with Gasteiger partial charge in [0.15, 0.2) is 0 Å². The molecule has 0 amide bonds. The Hall–Kier alpha value is -1.20. The van der Waals surface area contributed by atoms with E-state index in [9.17, 15) is 0 Å². The SMILES string of the molecule is CN1CC(C(C)(C)C)Oc2cc(B3OC(C)(C)C(C)(C)O3)ccc21. The largest absolute Gasteiger partial charge is 0.494 e. The van der Waals surface area contributed by atoms with Crippen LogP contribution in [0.25, 0.3) is 0 Å². The number of nitrogens with zero attached hydrogens (tertiary/aromatic N) is 1. The smallest absolute Gasteiger partial charge is 0.486 e. The molecule has 1 atom stereocenters. The highest BCUT2D eigenvalue weighted by Gasteiger charge is 2.52. The Kier molecular flexibility index (Phi) is 3.97. The average Bonchev–Trinajstić information content (AvgIpc) is 2.66. The number of hydrogen-bond acceptors (Lipinski definition) is 4. The van der Waals surface area contributed by atoms with Crippen LogP contribution in [-0.2, 0) is 9.31 Å². The fourth-order valence-corrected chi connectivity index (χ4v) is 3.05. The first-order valence-corrected chi connectivity index (χ1v) is 8.78. The number of hydrogen-bond donors (Lipinski definition) is 0. The highest BCUT2D eigenvalue weighted by atomic mass is 16.7. The first-order chi connectivity index (χ1) is 10.9. The summed E-state index contributed by atoms with van der Waals surface area (Å²) in [5.74, 6) is 0.913. The van der Waals surface area contributed by atoms with Crippen LogP contribution < -0.4 is 15.1 Å². The van der Waals surface area contributed by atoms with Crippen molar-refractivity contribution in [3.05, 3.63) is 18.2 Å². The summed E-state index contributed by atoms with van der Waals surface area (Å²) in [6.45, 7) is 15.8. The molecule has 132 valence electrons. The first kappa shape index (κ1) is 17.6. The van der Waals surface area contributed by atoms with E-state index in [1.54, 1.807) is 0 Å². The minimum Gasteiger partial charge on any atom is -0.486 e. The fraction of sp³-hybridized carbons (Fsp3) is 0.684. The van der Waals surface area contributed by atoms with Crippen LogP contribution in [0.5, 0.6) is 5.75 Å². The second kappa shape index (κ2) is 5.40. The molecule has 0 aromatic heterocycles. The third-order valence-corrected chi connectivity index (χ3v) is 5.60. The van der Waals surface area contributed by atoms with Gasteiger partial charge in [-0.1, -0.05) is 26.8 Å². The summed E-state index contributed by atoms with van der Waals surface area (Å²) in [5, 5.41) is 0. The van der Waals surface area contributed by atoms with Crippen LogP contribution in [0.1, 0.15) is 48.5 Å². The maximum atomic E-state index is 6.32. The van der Waals surface area contributed by atoms with Crippen molar-refractivity contribution in [1.29, 1.82) is 0 Å². The summed E-state index contributed by atoms with van der Waals surface area (Å²) in [6, 6.07) is 6.26. The monoisotopic (exact) mass is 331 g/mol. The molecule has 1 saturated heterocycles. The Bertz CT molecular complexity index is 620. The average molecular weight is 331 g/mol. The van der Waals surface area contributed by atoms with Gasteiger partial charge in [0.1, 0.15) is 11.9 Å². The Morgan fingerprint density at radius 3 is 2.21 bits per heavy atom. The van der Waals surface area contributed by atoms with Crippen molar-refractivity contribution in [2.24, 2.45) is 5.41 Å². The van der Waals surface area contributed by atoms with E-state index < -0.39 is 0 Å². The summed E-state index contributed by atoms with van der Waals surface area (Å²) in [7, 11) is 1.76. The zero-order chi connectivity index (χ0) is 17.9. The summed E-state index contributed by atoms with van der Waals surface area (Å²) < 4.78 is 18.7. The zero-order valence-corrected chi connectivity index (χ0v) is 16.3. The summed E-state index contributed by atoms with van der Waals surface area (Å²) in [5.41, 5.74) is 1.55. The van der Waals surface area contributed by atoms with Gasteiger partial charge in [0, 0.05) is 12.5 Å². The van der Waals surface area contributed by atoms with Gasteiger partial charge in [0.05, 0.1) is 23.4 Å². The van der Waals surface area contributed by atoms with E-state index in [0.717, 1.165) is 23.4 Å². The van der Waals surface area contributed by atoms with Crippen LogP contribution in [0.15, 0.2) is 18.2 Å². The van der Waals surface area contributed by atoms with Gasteiger partial charge in [0.2, 0.25) is 0 Å². The highest BCUT2D eigenvalue weighted by Crippen LogP contribution is 2.39. The number of likely N-dealkylation sites (N-methyl/N-ethyl adjacent to an activating group) is 1. The molecule has 2 heterocycles. The van der Waals surface area contributed by atoms with E-state index >= 15 is 0 Å². The van der Waals surface area contributed by atoms with Gasteiger partial charge in [-0.05, 0) is 45.3 Å². The Balaban J connectivity index is 1.90. The highest BCUT2D eigenvalue weighted by molar-refractivity contribution is 6.62. The third kappa shape index (κ3) is 2.93. The molecule has 2 aliphatic rings. The normalized spacial score (nSPS) is 25.4. The van der Waals surface area contributed by atoms with Gasteiger partial charge in [-0.15, -0.1) is 0 Å². The zero-order valence-electron chi connectivity index (χ0n) is 16.3. The van der Waals surface area contributed by atoms with Crippen LogP contribution in [0.2, 0.25) is 0 Å². The van der Waals surface area contributed by atoms with Crippen molar-refractivity contribution in [3.8, 4) is 5.75 Å². The number of anilines is 1. The molecule has 2 aliphatic heterocycles. The van der Waals surface area contributed by atoms with E-state index in [0.29, 0.717) is 0 Å². The van der Waals surface area contributed by atoms with Crippen molar-refractivity contribution in [1.82, 2.24) is 0 Å². The maximum Gasteiger partial charge on any atom is 0.494 e. The lowest BCUT2D eigenvalue weighted by Gasteiger charge is -2.40. The molecular formula is C19H30BNO3. The van der Waals surface area contributed by atoms with Gasteiger partial charge in [-0.2, -0.15) is 0 Å². The number of fused-ring (bicyclic) bond motifs is 1. The molecule has 0 aliphatic carbocycles. The van der Waals surface area contributed by atoms with Crippen molar-refractivity contribution < 1.29 is 14.0 Å². The second-order valence-electron chi connectivity index (χ2n) is 9.17. The van der Waals surface area contributed by atoms with Gasteiger partial charge in [-0.3, -0.25) is 0 Å². The molecule has 3 rings (SSSR count). The van der Waals surface area contributed by atoms with E-state index in [-0.39, 0.29) is 29.8 Å². The van der Waals surface area contributed by atoms with Crippen LogP contribution in [-0.4, -0.2) is 38.0 Å². The predicted octanol–water partition coefficient (Wildman–Crippen LogP) is 3.23. The van der Waals surface area contributed by atoms with Gasteiger partial charge >= 0.3 is 7.12 Å². The molecule has 1 fully saturated rings. The van der Waals surface area contributed by atoms with Gasteiger partial charge < -0.3 is 18.9 Å². The second-order valence-corrected chi connectivity index (χ2v) is 9.17. The number of ether oxygens (including phenoxy) is 1. The van der Waals surface area contributed by atoms with Crippen LogP contribution >= 0.6 is 0 Å². The van der Waals surface area contributed by atoms with Crippen molar-refractivity contribution in [3.63, 3.8) is 0 Å². The molecule has 5 heteroatoms. The Morgan fingerprint density at radius 2 is 1.67 bits per heavy atom. The summed E-state index contributed by atoms with van der Waals surface area (Å²) >= 11 is 0. The maximum absolute atomic E-state index is 6.32. The molecule has 0 radical (unpaired) electrons. The molecule has 4 nitrogen and oxygen atoms in total. The molecule has 0 saturated carbocycles. The van der Waals surface area contributed by atoms with Crippen LogP contribution in [0.4, 0.5) is 5.69 Å². The van der Waals surface area contributed by atoms with Gasteiger partial charge in [0.25, 0.3) is 0 Å². The third-order valence-electron chi connectivity index (χ3n) is 5.60. The molecular weight excluding hydrogens is 301 g/mol. The van der Waals surface area contributed by atoms with E-state index in [1.807, 2.05) is 0 Å². The van der Waals surface area contributed by atoms with Crippen molar-refractivity contribution >= 4 is 18.3 Å². The first-order valence-electron chi connectivity index (χ1n) is 8.78. The Morgan fingerprint density at radius 1 is 1.08 bits per heavy atom. The van der Waals surface area contributed by atoms with Gasteiger partial charge in [-0.25, -0.2) is 0 Å². The van der Waals surface area contributed by atoms with Crippen LogP contribution in [0.3, 0.4) is 0 Å². The topological polar surface area (TPSA) is 30.9 Å². The predicted molar refractivity (Wildman–Crippen MR) is 99.3 cm³/mol. The molecule has 1 aromatic rings. The van der Waals surface area contributed by atoms with E-state index in [4.69, 9.17) is 14.0 Å². The lowest BCUT2D eigenvalue weighted by molar-refractivity contribution is 0.00578. The van der Waals surface area contributed by atoms with Crippen molar-refractivity contribution in [2.45, 2.75) is 65.8 Å². The Labute approximate surface area is 146 Å².